The summed E-state index contributed by atoms with van der Waals surface area (Å²) in [6.45, 7) is 1.92. The van der Waals surface area contributed by atoms with Crippen molar-refractivity contribution in [3.8, 4) is 0 Å². The number of carbonyl (C=O) groups is 2. The topological polar surface area (TPSA) is 95.0 Å². The summed E-state index contributed by atoms with van der Waals surface area (Å²) in [5, 5.41) is 9.19. The monoisotopic (exact) mass is 396 g/mol. The van der Waals surface area contributed by atoms with Crippen LogP contribution in [-0.2, 0) is 26.0 Å². The van der Waals surface area contributed by atoms with Crippen LogP contribution in [0, 0.1) is 0 Å². The number of aliphatic carboxylic acids is 1. The molecule has 1 fully saturated rings. The Labute approximate surface area is 161 Å². The van der Waals surface area contributed by atoms with E-state index in [1.54, 1.807) is 6.92 Å². The molecule has 1 saturated heterocycles. The van der Waals surface area contributed by atoms with E-state index < -0.39 is 16.0 Å². The maximum Gasteiger partial charge on any atom is 0.323 e. The van der Waals surface area contributed by atoms with Gasteiger partial charge >= 0.3 is 5.97 Å². The van der Waals surface area contributed by atoms with Crippen LogP contribution >= 0.6 is 0 Å². The van der Waals surface area contributed by atoms with E-state index in [1.807, 2.05) is 30.3 Å². The number of carboxylic acid groups (broad SMARTS) is 1. The number of hydrogen-bond donors (Lipinski definition) is 1. The van der Waals surface area contributed by atoms with Gasteiger partial charge in [0, 0.05) is 25.6 Å². The smallest absolute Gasteiger partial charge is 0.323 e. The van der Waals surface area contributed by atoms with Crippen molar-refractivity contribution in [2.45, 2.75) is 45.1 Å². The van der Waals surface area contributed by atoms with Crippen LogP contribution in [0.4, 0.5) is 0 Å². The minimum atomic E-state index is -3.24. The van der Waals surface area contributed by atoms with Gasteiger partial charge in [0.25, 0.3) is 0 Å². The van der Waals surface area contributed by atoms with Crippen molar-refractivity contribution in [1.82, 2.24) is 9.21 Å². The second-order valence-corrected chi connectivity index (χ2v) is 9.04. The normalized spacial score (nSPS) is 16.2. The highest BCUT2D eigenvalue weighted by Crippen LogP contribution is 2.20. The van der Waals surface area contributed by atoms with E-state index in [4.69, 9.17) is 0 Å². The lowest BCUT2D eigenvalue weighted by atomic mass is 10.0. The minimum Gasteiger partial charge on any atom is -0.480 e. The first-order chi connectivity index (χ1) is 12.8. The van der Waals surface area contributed by atoms with E-state index in [2.05, 4.69) is 0 Å². The number of rotatable bonds is 9. The standard InChI is InChI=1S/C19H28N2O5S/c1-2-27(25,26)20-13-11-17(12-14-20)21(15-19(23)24)18(22)10-6-9-16-7-4-3-5-8-16/h3-5,7-8,17H,2,6,9-15H2,1H3,(H,23,24). The lowest BCUT2D eigenvalue weighted by Gasteiger charge is -2.37. The molecule has 150 valence electrons. The van der Waals surface area contributed by atoms with Crippen molar-refractivity contribution >= 4 is 21.9 Å². The zero-order valence-corrected chi connectivity index (χ0v) is 16.5. The lowest BCUT2D eigenvalue weighted by molar-refractivity contribution is -0.146. The van der Waals surface area contributed by atoms with Gasteiger partial charge in [-0.15, -0.1) is 0 Å². The van der Waals surface area contributed by atoms with Gasteiger partial charge in [-0.1, -0.05) is 30.3 Å². The van der Waals surface area contributed by atoms with Crippen LogP contribution in [0.1, 0.15) is 38.2 Å². The molecule has 2 rings (SSSR count). The molecule has 0 unspecified atom stereocenters. The summed E-state index contributed by atoms with van der Waals surface area (Å²) >= 11 is 0. The molecule has 27 heavy (non-hydrogen) atoms. The third-order valence-corrected chi connectivity index (χ3v) is 6.83. The Morgan fingerprint density at radius 1 is 1.19 bits per heavy atom. The van der Waals surface area contributed by atoms with Crippen LogP contribution in [-0.4, -0.2) is 66.0 Å². The van der Waals surface area contributed by atoms with Crippen molar-refractivity contribution in [3.63, 3.8) is 0 Å². The van der Waals surface area contributed by atoms with E-state index in [0.717, 1.165) is 12.0 Å². The van der Waals surface area contributed by atoms with Gasteiger partial charge in [0.05, 0.1) is 5.75 Å². The molecule has 8 heteroatoms. The fourth-order valence-electron chi connectivity index (χ4n) is 3.41. The van der Waals surface area contributed by atoms with E-state index in [1.165, 1.54) is 9.21 Å². The molecular weight excluding hydrogens is 368 g/mol. The fourth-order valence-corrected chi connectivity index (χ4v) is 4.55. The highest BCUT2D eigenvalue weighted by molar-refractivity contribution is 7.89. The summed E-state index contributed by atoms with van der Waals surface area (Å²) in [6, 6.07) is 9.62. The first-order valence-corrected chi connectivity index (χ1v) is 11.0. The molecule has 1 aliphatic heterocycles. The largest absolute Gasteiger partial charge is 0.480 e. The summed E-state index contributed by atoms with van der Waals surface area (Å²) in [6.07, 6.45) is 2.65. The Morgan fingerprint density at radius 2 is 1.81 bits per heavy atom. The number of carboxylic acids is 1. The second kappa shape index (κ2) is 9.85. The summed E-state index contributed by atoms with van der Waals surface area (Å²) in [5.41, 5.74) is 1.15. The number of carbonyl (C=O) groups excluding carboxylic acids is 1. The van der Waals surface area contributed by atoms with Crippen LogP contribution in [0.15, 0.2) is 30.3 Å². The molecule has 1 aromatic carbocycles. The van der Waals surface area contributed by atoms with Crippen molar-refractivity contribution in [2.75, 3.05) is 25.4 Å². The number of aryl methyl sites for hydroxylation is 1. The molecule has 0 aliphatic carbocycles. The highest BCUT2D eigenvalue weighted by Gasteiger charge is 2.32. The summed E-state index contributed by atoms with van der Waals surface area (Å²) in [7, 11) is -3.24. The quantitative estimate of drug-likeness (QED) is 0.686. The summed E-state index contributed by atoms with van der Waals surface area (Å²) in [5.74, 6) is -1.17. The average Bonchev–Trinajstić information content (AvgIpc) is 2.67. The van der Waals surface area contributed by atoms with Gasteiger partial charge in [-0.05, 0) is 38.2 Å². The fraction of sp³-hybridized carbons (Fsp3) is 0.579. The number of benzene rings is 1. The predicted octanol–water partition coefficient (Wildman–Crippen LogP) is 1.74. The van der Waals surface area contributed by atoms with E-state index in [0.29, 0.717) is 32.4 Å². The Balaban J connectivity index is 1.92. The Bertz CT molecular complexity index is 728. The Hall–Kier alpha value is -1.93. The molecule has 0 spiro atoms. The van der Waals surface area contributed by atoms with Gasteiger partial charge in [0.1, 0.15) is 6.54 Å². The van der Waals surface area contributed by atoms with Crippen LogP contribution in [0.5, 0.6) is 0 Å². The van der Waals surface area contributed by atoms with Gasteiger partial charge < -0.3 is 10.0 Å². The Morgan fingerprint density at radius 3 is 2.37 bits per heavy atom. The molecule has 1 N–H and O–H groups in total. The van der Waals surface area contributed by atoms with Gasteiger partial charge in [0.2, 0.25) is 15.9 Å². The summed E-state index contributed by atoms with van der Waals surface area (Å²) < 4.78 is 25.4. The number of nitrogens with zero attached hydrogens (tertiary/aromatic N) is 2. The minimum absolute atomic E-state index is 0.0505. The molecular formula is C19H28N2O5S. The maximum atomic E-state index is 12.6. The number of amides is 1. The predicted molar refractivity (Wildman–Crippen MR) is 103 cm³/mol. The van der Waals surface area contributed by atoms with Gasteiger partial charge in [0.15, 0.2) is 0 Å². The van der Waals surface area contributed by atoms with Gasteiger partial charge in [-0.2, -0.15) is 0 Å². The highest BCUT2D eigenvalue weighted by atomic mass is 32.2. The molecule has 0 atom stereocenters. The van der Waals surface area contributed by atoms with Crippen molar-refractivity contribution in [1.29, 1.82) is 0 Å². The van der Waals surface area contributed by atoms with Crippen molar-refractivity contribution < 1.29 is 23.1 Å². The Kier molecular flexibility index (Phi) is 7.79. The molecule has 0 radical (unpaired) electrons. The zero-order chi connectivity index (χ0) is 19.9. The molecule has 1 amide bonds. The van der Waals surface area contributed by atoms with Crippen LogP contribution in [0.3, 0.4) is 0 Å². The molecule has 0 aromatic heterocycles. The maximum absolute atomic E-state index is 12.6. The average molecular weight is 397 g/mol. The molecule has 1 aliphatic rings. The van der Waals surface area contributed by atoms with Crippen LogP contribution in [0.25, 0.3) is 0 Å². The van der Waals surface area contributed by atoms with Crippen molar-refractivity contribution in [3.05, 3.63) is 35.9 Å². The van der Waals surface area contributed by atoms with Gasteiger partial charge in [-0.3, -0.25) is 9.59 Å². The van der Waals surface area contributed by atoms with Crippen LogP contribution in [0.2, 0.25) is 0 Å². The van der Waals surface area contributed by atoms with Gasteiger partial charge in [-0.25, -0.2) is 12.7 Å². The molecule has 1 heterocycles. The first kappa shape index (κ1) is 21.4. The molecule has 7 nitrogen and oxygen atoms in total. The number of piperidine rings is 1. The van der Waals surface area contributed by atoms with E-state index >= 15 is 0 Å². The van der Waals surface area contributed by atoms with E-state index in [-0.39, 0.29) is 30.7 Å². The second-order valence-electron chi connectivity index (χ2n) is 6.79. The first-order valence-electron chi connectivity index (χ1n) is 9.36. The van der Waals surface area contributed by atoms with Crippen molar-refractivity contribution in [2.24, 2.45) is 0 Å². The van der Waals surface area contributed by atoms with E-state index in [9.17, 15) is 23.1 Å². The zero-order valence-electron chi connectivity index (χ0n) is 15.7. The molecule has 1 aromatic rings. The SMILES string of the molecule is CCS(=O)(=O)N1CCC(N(CC(=O)O)C(=O)CCCc2ccccc2)CC1. The molecule has 0 saturated carbocycles. The lowest BCUT2D eigenvalue weighted by Crippen LogP contribution is -2.50. The van der Waals surface area contributed by atoms with Crippen LogP contribution < -0.4 is 0 Å². The molecule has 0 bridgehead atoms. The number of hydrogen-bond acceptors (Lipinski definition) is 4. The third kappa shape index (κ3) is 6.32. The summed E-state index contributed by atoms with van der Waals surface area (Å²) in [4.78, 5) is 25.3. The number of sulfonamides is 1. The third-order valence-electron chi connectivity index (χ3n) is 4.95.